The third kappa shape index (κ3) is 4.36. The molecule has 0 radical (unpaired) electrons. The minimum atomic E-state index is -0.300. The SMILES string of the molecule is CCCNC(c1ccc(CCC)cc1)c1ccc(F)cn1. The lowest BCUT2D eigenvalue weighted by Gasteiger charge is -2.19. The number of aromatic nitrogens is 1. The molecule has 0 spiro atoms. The molecule has 3 heteroatoms. The zero-order valence-corrected chi connectivity index (χ0v) is 12.8. The molecule has 21 heavy (non-hydrogen) atoms. The number of halogens is 1. The van der Waals surface area contributed by atoms with Gasteiger partial charge in [0.2, 0.25) is 0 Å². The van der Waals surface area contributed by atoms with Crippen molar-refractivity contribution < 1.29 is 4.39 Å². The lowest BCUT2D eigenvalue weighted by molar-refractivity contribution is 0.576. The normalized spacial score (nSPS) is 12.3. The van der Waals surface area contributed by atoms with E-state index in [1.54, 1.807) is 6.07 Å². The zero-order valence-electron chi connectivity index (χ0n) is 12.8. The predicted molar refractivity (Wildman–Crippen MR) is 84.8 cm³/mol. The number of hydrogen-bond acceptors (Lipinski definition) is 2. The fourth-order valence-corrected chi connectivity index (χ4v) is 2.41. The van der Waals surface area contributed by atoms with Gasteiger partial charge in [0.15, 0.2) is 0 Å². The summed E-state index contributed by atoms with van der Waals surface area (Å²) in [6.45, 7) is 5.22. The third-order valence-electron chi connectivity index (χ3n) is 3.50. The lowest BCUT2D eigenvalue weighted by atomic mass is 10.00. The van der Waals surface area contributed by atoms with Crippen LogP contribution in [0.1, 0.15) is 49.6 Å². The summed E-state index contributed by atoms with van der Waals surface area (Å²) in [6.07, 6.45) is 4.57. The van der Waals surface area contributed by atoms with Crippen molar-refractivity contribution in [3.05, 3.63) is 65.2 Å². The molecule has 1 heterocycles. The number of rotatable bonds is 7. The Balaban J connectivity index is 2.24. The van der Waals surface area contributed by atoms with Crippen LogP contribution in [0.4, 0.5) is 4.39 Å². The van der Waals surface area contributed by atoms with E-state index in [-0.39, 0.29) is 11.9 Å². The molecular weight excluding hydrogens is 263 g/mol. The Kier molecular flexibility index (Phi) is 5.88. The second-order valence-electron chi connectivity index (χ2n) is 5.28. The Bertz CT molecular complexity index is 534. The summed E-state index contributed by atoms with van der Waals surface area (Å²) in [7, 11) is 0. The Morgan fingerprint density at radius 2 is 1.81 bits per heavy atom. The fourth-order valence-electron chi connectivity index (χ4n) is 2.41. The van der Waals surface area contributed by atoms with Gasteiger partial charge in [0.25, 0.3) is 0 Å². The smallest absolute Gasteiger partial charge is 0.141 e. The van der Waals surface area contributed by atoms with Crippen molar-refractivity contribution in [3.63, 3.8) is 0 Å². The van der Waals surface area contributed by atoms with Crippen LogP contribution in [0.2, 0.25) is 0 Å². The number of pyridine rings is 1. The van der Waals surface area contributed by atoms with Crippen LogP contribution in [-0.4, -0.2) is 11.5 Å². The summed E-state index contributed by atoms with van der Waals surface area (Å²) in [6, 6.07) is 11.9. The average molecular weight is 286 g/mol. The maximum absolute atomic E-state index is 13.1. The maximum atomic E-state index is 13.1. The van der Waals surface area contributed by atoms with E-state index >= 15 is 0 Å². The molecule has 1 unspecified atom stereocenters. The second-order valence-corrected chi connectivity index (χ2v) is 5.28. The van der Waals surface area contributed by atoms with Crippen molar-refractivity contribution in [2.75, 3.05) is 6.54 Å². The van der Waals surface area contributed by atoms with E-state index in [9.17, 15) is 4.39 Å². The van der Waals surface area contributed by atoms with Crippen LogP contribution in [0.3, 0.4) is 0 Å². The summed E-state index contributed by atoms with van der Waals surface area (Å²) >= 11 is 0. The van der Waals surface area contributed by atoms with Crippen LogP contribution in [0, 0.1) is 5.82 Å². The van der Waals surface area contributed by atoms with Crippen molar-refractivity contribution >= 4 is 0 Å². The van der Waals surface area contributed by atoms with Gasteiger partial charge in [-0.2, -0.15) is 0 Å². The highest BCUT2D eigenvalue weighted by Crippen LogP contribution is 2.21. The molecule has 0 aliphatic rings. The predicted octanol–water partition coefficient (Wildman–Crippen LogP) is 4.26. The summed E-state index contributed by atoms with van der Waals surface area (Å²) in [5.41, 5.74) is 3.37. The molecule has 0 aliphatic heterocycles. The van der Waals surface area contributed by atoms with Crippen molar-refractivity contribution in [1.82, 2.24) is 10.3 Å². The molecular formula is C18H23FN2. The van der Waals surface area contributed by atoms with Crippen LogP contribution >= 0.6 is 0 Å². The first-order valence-electron chi connectivity index (χ1n) is 7.68. The summed E-state index contributed by atoms with van der Waals surface area (Å²) in [5.74, 6) is -0.300. The maximum Gasteiger partial charge on any atom is 0.141 e. The summed E-state index contributed by atoms with van der Waals surface area (Å²) < 4.78 is 13.1. The molecule has 0 aliphatic carbocycles. The minimum absolute atomic E-state index is 0.0150. The van der Waals surface area contributed by atoms with E-state index in [0.717, 1.165) is 31.5 Å². The molecule has 0 amide bonds. The summed E-state index contributed by atoms with van der Waals surface area (Å²) in [5, 5.41) is 3.49. The van der Waals surface area contributed by atoms with E-state index in [2.05, 4.69) is 48.4 Å². The first kappa shape index (κ1) is 15.6. The molecule has 0 fully saturated rings. The molecule has 1 N–H and O–H groups in total. The minimum Gasteiger partial charge on any atom is -0.305 e. The standard InChI is InChI=1S/C18H23FN2/c1-3-5-14-6-8-15(9-7-14)18(20-12-4-2)17-11-10-16(19)13-21-17/h6-11,13,18,20H,3-5,12H2,1-2H3. The first-order chi connectivity index (χ1) is 10.2. The van der Waals surface area contributed by atoms with Gasteiger partial charge in [0.1, 0.15) is 5.82 Å². The molecule has 0 bridgehead atoms. The highest BCUT2D eigenvalue weighted by Gasteiger charge is 2.14. The van der Waals surface area contributed by atoms with E-state index < -0.39 is 0 Å². The van der Waals surface area contributed by atoms with Crippen LogP contribution in [-0.2, 0) is 6.42 Å². The number of hydrogen-bond donors (Lipinski definition) is 1. The third-order valence-corrected chi connectivity index (χ3v) is 3.50. The second kappa shape index (κ2) is 7.89. The van der Waals surface area contributed by atoms with Crippen LogP contribution < -0.4 is 5.32 Å². The molecule has 1 aromatic heterocycles. The first-order valence-corrected chi connectivity index (χ1v) is 7.68. The number of nitrogens with one attached hydrogen (secondary N) is 1. The Morgan fingerprint density at radius 1 is 1.05 bits per heavy atom. The molecule has 2 rings (SSSR count). The molecule has 2 aromatic rings. The van der Waals surface area contributed by atoms with E-state index in [4.69, 9.17) is 0 Å². The quantitative estimate of drug-likeness (QED) is 0.822. The van der Waals surface area contributed by atoms with Crippen molar-refractivity contribution in [3.8, 4) is 0 Å². The van der Waals surface area contributed by atoms with Gasteiger partial charge in [-0.15, -0.1) is 0 Å². The van der Waals surface area contributed by atoms with Gasteiger partial charge < -0.3 is 5.32 Å². The Morgan fingerprint density at radius 3 is 2.38 bits per heavy atom. The number of aryl methyl sites for hydroxylation is 1. The van der Waals surface area contributed by atoms with Crippen molar-refractivity contribution in [2.45, 2.75) is 39.2 Å². The Labute approximate surface area is 126 Å². The van der Waals surface area contributed by atoms with Gasteiger partial charge in [0, 0.05) is 0 Å². The van der Waals surface area contributed by atoms with Crippen LogP contribution in [0.25, 0.3) is 0 Å². The van der Waals surface area contributed by atoms with Gasteiger partial charge in [-0.05, 0) is 42.6 Å². The largest absolute Gasteiger partial charge is 0.305 e. The molecule has 112 valence electrons. The van der Waals surface area contributed by atoms with Crippen molar-refractivity contribution in [1.29, 1.82) is 0 Å². The highest BCUT2D eigenvalue weighted by molar-refractivity contribution is 5.30. The number of benzene rings is 1. The number of nitrogens with zero attached hydrogens (tertiary/aromatic N) is 1. The van der Waals surface area contributed by atoms with E-state index in [1.807, 2.05) is 0 Å². The molecule has 1 aromatic carbocycles. The van der Waals surface area contributed by atoms with Crippen LogP contribution in [0.15, 0.2) is 42.6 Å². The van der Waals surface area contributed by atoms with Crippen molar-refractivity contribution in [2.24, 2.45) is 0 Å². The van der Waals surface area contributed by atoms with E-state index in [0.29, 0.717) is 0 Å². The Hall–Kier alpha value is -1.74. The van der Waals surface area contributed by atoms with Gasteiger partial charge >= 0.3 is 0 Å². The van der Waals surface area contributed by atoms with Gasteiger partial charge in [-0.3, -0.25) is 4.98 Å². The van der Waals surface area contributed by atoms with Gasteiger partial charge in [-0.25, -0.2) is 4.39 Å². The fraction of sp³-hybridized carbons (Fsp3) is 0.389. The highest BCUT2D eigenvalue weighted by atomic mass is 19.1. The van der Waals surface area contributed by atoms with Gasteiger partial charge in [-0.1, -0.05) is 44.5 Å². The zero-order chi connectivity index (χ0) is 15.1. The average Bonchev–Trinajstić information content (AvgIpc) is 2.51. The molecule has 0 saturated carbocycles. The molecule has 1 atom stereocenters. The molecule has 2 nitrogen and oxygen atoms in total. The molecule has 0 saturated heterocycles. The monoisotopic (exact) mass is 286 g/mol. The van der Waals surface area contributed by atoms with Crippen LogP contribution in [0.5, 0.6) is 0 Å². The lowest BCUT2D eigenvalue weighted by Crippen LogP contribution is -2.24. The topological polar surface area (TPSA) is 24.9 Å². The summed E-state index contributed by atoms with van der Waals surface area (Å²) in [4.78, 5) is 4.23. The van der Waals surface area contributed by atoms with Gasteiger partial charge in [0.05, 0.1) is 17.9 Å². The van der Waals surface area contributed by atoms with E-state index in [1.165, 1.54) is 23.4 Å².